The minimum absolute atomic E-state index is 0.0954. The molecule has 0 aliphatic rings. The van der Waals surface area contributed by atoms with Crippen LogP contribution in [0, 0.1) is 6.92 Å². The minimum atomic E-state index is 0.0954. The maximum atomic E-state index is 13.4. The van der Waals surface area contributed by atoms with E-state index in [1.807, 2.05) is 54.2 Å². The fraction of sp³-hybridized carbons (Fsp3) is 0.192. The number of carbonyl (C=O) groups excluding carboxylic acids is 1. The van der Waals surface area contributed by atoms with E-state index in [1.165, 1.54) is 4.90 Å². The van der Waals surface area contributed by atoms with Crippen LogP contribution < -0.4 is 0 Å². The number of para-hydroxylation sites is 1. The molecule has 0 saturated carbocycles. The number of benzene rings is 3. The zero-order chi connectivity index (χ0) is 20.2. The molecule has 0 radical (unpaired) electrons. The maximum Gasteiger partial charge on any atom is 0.195 e. The van der Waals surface area contributed by atoms with Gasteiger partial charge in [-0.25, -0.2) is 0 Å². The second kappa shape index (κ2) is 8.71. The van der Waals surface area contributed by atoms with Crippen LogP contribution in [0.5, 0.6) is 0 Å². The molecule has 3 aromatic carbocycles. The summed E-state index contributed by atoms with van der Waals surface area (Å²) in [5, 5.41) is 1.28. The highest BCUT2D eigenvalue weighted by Gasteiger charge is 2.24. The SMILES string of the molecule is CCCC(Sc1ccccc1)n1c(C)c(C(=O)c2ccccc2)c2ccccc21. The predicted molar refractivity (Wildman–Crippen MR) is 123 cm³/mol. The van der Waals surface area contributed by atoms with Crippen LogP contribution in [0.15, 0.2) is 89.8 Å². The highest BCUT2D eigenvalue weighted by molar-refractivity contribution is 7.99. The second-order valence-corrected chi connectivity index (χ2v) is 8.47. The van der Waals surface area contributed by atoms with Gasteiger partial charge in [0.1, 0.15) is 0 Å². The van der Waals surface area contributed by atoms with Crippen LogP contribution in [0.4, 0.5) is 0 Å². The van der Waals surface area contributed by atoms with Gasteiger partial charge in [0.25, 0.3) is 0 Å². The van der Waals surface area contributed by atoms with E-state index in [-0.39, 0.29) is 11.2 Å². The summed E-state index contributed by atoms with van der Waals surface area (Å²) in [5.41, 5.74) is 3.73. The van der Waals surface area contributed by atoms with Gasteiger partial charge in [0, 0.05) is 27.1 Å². The average molecular weight is 400 g/mol. The topological polar surface area (TPSA) is 22.0 Å². The first kappa shape index (κ1) is 19.5. The molecule has 1 heterocycles. The summed E-state index contributed by atoms with van der Waals surface area (Å²) < 4.78 is 2.37. The summed E-state index contributed by atoms with van der Waals surface area (Å²) in [6.07, 6.45) is 2.12. The first-order valence-corrected chi connectivity index (χ1v) is 11.0. The molecule has 29 heavy (non-hydrogen) atoms. The smallest absolute Gasteiger partial charge is 0.195 e. The number of thioether (sulfide) groups is 1. The lowest BCUT2D eigenvalue weighted by atomic mass is 10.0. The lowest BCUT2D eigenvalue weighted by Gasteiger charge is -2.21. The van der Waals surface area contributed by atoms with E-state index in [0.717, 1.165) is 40.6 Å². The Morgan fingerprint density at radius 1 is 0.897 bits per heavy atom. The normalized spacial score (nSPS) is 12.2. The molecule has 0 aliphatic carbocycles. The summed E-state index contributed by atoms with van der Waals surface area (Å²) in [7, 11) is 0. The molecule has 4 aromatic rings. The van der Waals surface area contributed by atoms with Crippen LogP contribution in [0.3, 0.4) is 0 Å². The number of rotatable bonds is 7. The summed E-state index contributed by atoms with van der Waals surface area (Å²) in [5.74, 6) is 0.0954. The van der Waals surface area contributed by atoms with Gasteiger partial charge >= 0.3 is 0 Å². The van der Waals surface area contributed by atoms with Crippen LogP contribution >= 0.6 is 11.8 Å². The number of hydrogen-bond acceptors (Lipinski definition) is 2. The van der Waals surface area contributed by atoms with Gasteiger partial charge in [-0.05, 0) is 31.5 Å². The highest BCUT2D eigenvalue weighted by atomic mass is 32.2. The molecule has 2 nitrogen and oxygen atoms in total. The number of fused-ring (bicyclic) bond motifs is 1. The van der Waals surface area contributed by atoms with Gasteiger partial charge in [-0.1, -0.05) is 80.1 Å². The van der Waals surface area contributed by atoms with Crippen LogP contribution in [-0.2, 0) is 0 Å². The fourth-order valence-electron chi connectivity index (χ4n) is 3.93. The first-order chi connectivity index (χ1) is 14.2. The molecule has 0 bridgehead atoms. The Kier molecular flexibility index (Phi) is 5.86. The Bertz CT molecular complexity index is 1120. The van der Waals surface area contributed by atoms with Crippen molar-refractivity contribution in [1.29, 1.82) is 0 Å². The number of carbonyl (C=O) groups is 1. The van der Waals surface area contributed by atoms with E-state index in [2.05, 4.69) is 60.9 Å². The number of aromatic nitrogens is 1. The van der Waals surface area contributed by atoms with Gasteiger partial charge in [0.15, 0.2) is 5.78 Å². The van der Waals surface area contributed by atoms with Crippen molar-refractivity contribution in [3.63, 3.8) is 0 Å². The molecule has 4 rings (SSSR count). The first-order valence-electron chi connectivity index (χ1n) is 10.1. The van der Waals surface area contributed by atoms with E-state index in [4.69, 9.17) is 0 Å². The minimum Gasteiger partial charge on any atom is -0.331 e. The largest absolute Gasteiger partial charge is 0.331 e. The molecular weight excluding hydrogens is 374 g/mol. The average Bonchev–Trinajstić information content (AvgIpc) is 3.06. The van der Waals surface area contributed by atoms with Gasteiger partial charge < -0.3 is 4.57 Å². The van der Waals surface area contributed by atoms with Gasteiger partial charge in [-0.3, -0.25) is 4.79 Å². The third-order valence-electron chi connectivity index (χ3n) is 5.26. The standard InChI is InChI=1S/C26H25NOS/c1-3-12-24(29-21-15-8-5-9-16-21)27-19(2)25(22-17-10-11-18-23(22)27)26(28)20-13-6-4-7-14-20/h4-11,13-18,24H,3,12H2,1-2H3. The molecule has 1 aromatic heterocycles. The molecule has 1 atom stereocenters. The molecule has 0 aliphatic heterocycles. The monoisotopic (exact) mass is 399 g/mol. The zero-order valence-electron chi connectivity index (χ0n) is 16.8. The van der Waals surface area contributed by atoms with Crippen LogP contribution in [0.2, 0.25) is 0 Å². The lowest BCUT2D eigenvalue weighted by molar-refractivity contribution is 0.103. The Morgan fingerprint density at radius 3 is 2.21 bits per heavy atom. The number of hydrogen-bond donors (Lipinski definition) is 0. The Balaban J connectivity index is 1.86. The third-order valence-corrected chi connectivity index (χ3v) is 6.52. The van der Waals surface area contributed by atoms with E-state index in [1.54, 1.807) is 0 Å². The van der Waals surface area contributed by atoms with Crippen molar-refractivity contribution in [2.45, 2.75) is 37.0 Å². The summed E-state index contributed by atoms with van der Waals surface area (Å²) in [6, 6.07) is 28.4. The van der Waals surface area contributed by atoms with E-state index < -0.39 is 0 Å². The van der Waals surface area contributed by atoms with Crippen molar-refractivity contribution in [2.75, 3.05) is 0 Å². The number of nitrogens with zero attached hydrogens (tertiary/aromatic N) is 1. The van der Waals surface area contributed by atoms with E-state index in [9.17, 15) is 4.79 Å². The molecular formula is C26H25NOS. The van der Waals surface area contributed by atoms with Crippen molar-refractivity contribution in [1.82, 2.24) is 4.57 Å². The summed E-state index contributed by atoms with van der Waals surface area (Å²) >= 11 is 1.87. The molecule has 0 N–H and O–H groups in total. The summed E-state index contributed by atoms with van der Waals surface area (Å²) in [4.78, 5) is 14.7. The van der Waals surface area contributed by atoms with Crippen LogP contribution in [0.25, 0.3) is 10.9 Å². The highest BCUT2D eigenvalue weighted by Crippen LogP contribution is 2.40. The molecule has 146 valence electrons. The van der Waals surface area contributed by atoms with Crippen molar-refractivity contribution >= 4 is 28.4 Å². The van der Waals surface area contributed by atoms with Crippen molar-refractivity contribution in [3.05, 3.63) is 102 Å². The summed E-state index contributed by atoms with van der Waals surface area (Å²) in [6.45, 7) is 4.31. The molecule has 0 fully saturated rings. The van der Waals surface area contributed by atoms with Gasteiger partial charge in [0.2, 0.25) is 0 Å². The maximum absolute atomic E-state index is 13.4. The second-order valence-electron chi connectivity index (χ2n) is 7.22. The van der Waals surface area contributed by atoms with Crippen molar-refractivity contribution < 1.29 is 4.79 Å². The predicted octanol–water partition coefficient (Wildman–Crippen LogP) is 7.27. The van der Waals surface area contributed by atoms with E-state index >= 15 is 0 Å². The molecule has 0 amide bonds. The van der Waals surface area contributed by atoms with Gasteiger partial charge in [-0.15, -0.1) is 11.8 Å². The quantitative estimate of drug-likeness (QED) is 0.241. The molecule has 0 saturated heterocycles. The Morgan fingerprint density at radius 2 is 1.52 bits per heavy atom. The Labute approximate surface area is 176 Å². The lowest BCUT2D eigenvalue weighted by Crippen LogP contribution is -2.09. The van der Waals surface area contributed by atoms with E-state index in [0.29, 0.717) is 0 Å². The Hall–Kier alpha value is -2.78. The van der Waals surface area contributed by atoms with Crippen molar-refractivity contribution in [2.24, 2.45) is 0 Å². The third kappa shape index (κ3) is 3.88. The molecule has 1 unspecified atom stereocenters. The van der Waals surface area contributed by atoms with Gasteiger partial charge in [-0.2, -0.15) is 0 Å². The zero-order valence-corrected chi connectivity index (χ0v) is 17.7. The van der Waals surface area contributed by atoms with Crippen molar-refractivity contribution in [3.8, 4) is 0 Å². The number of ketones is 1. The van der Waals surface area contributed by atoms with Crippen LogP contribution in [0.1, 0.15) is 46.8 Å². The molecule has 0 spiro atoms. The molecule has 3 heteroatoms. The van der Waals surface area contributed by atoms with Gasteiger partial charge in [0.05, 0.1) is 10.9 Å². The van der Waals surface area contributed by atoms with Crippen LogP contribution in [-0.4, -0.2) is 10.4 Å². The fourth-order valence-corrected chi connectivity index (χ4v) is 5.29.